The molecule has 2 heterocycles. The molecule has 2 N–H and O–H groups in total. The number of hydrogen-bond acceptors (Lipinski definition) is 6. The topological polar surface area (TPSA) is 88.2 Å². The summed E-state index contributed by atoms with van der Waals surface area (Å²) in [5, 5.41) is 6.70. The zero-order valence-electron chi connectivity index (χ0n) is 15.8. The Kier molecular flexibility index (Phi) is 5.67. The van der Waals surface area contributed by atoms with Crippen molar-refractivity contribution in [3.05, 3.63) is 82.0 Å². The van der Waals surface area contributed by atoms with Crippen LogP contribution in [0.3, 0.4) is 0 Å². The molecule has 0 bridgehead atoms. The van der Waals surface area contributed by atoms with Crippen molar-refractivity contribution in [3.63, 3.8) is 0 Å². The molecule has 0 spiro atoms. The fourth-order valence-corrected chi connectivity index (χ4v) is 5.40. The monoisotopic (exact) mass is 455 g/mol. The summed E-state index contributed by atoms with van der Waals surface area (Å²) in [5.41, 5.74) is 3.50. The lowest BCUT2D eigenvalue weighted by molar-refractivity contribution is 0.103. The Morgan fingerprint density at radius 3 is 2.33 bits per heavy atom. The highest BCUT2D eigenvalue weighted by atomic mass is 32.2. The predicted molar refractivity (Wildman–Crippen MR) is 122 cm³/mol. The highest BCUT2D eigenvalue weighted by molar-refractivity contribution is 7.93. The molecule has 0 unspecified atom stereocenters. The van der Waals surface area contributed by atoms with Crippen molar-refractivity contribution in [2.24, 2.45) is 0 Å². The Morgan fingerprint density at radius 2 is 1.67 bits per heavy atom. The maximum Gasteiger partial charge on any atom is 0.266 e. The number of aromatic nitrogens is 1. The molecule has 2 aromatic carbocycles. The molecule has 0 aliphatic heterocycles. The van der Waals surface area contributed by atoms with E-state index < -0.39 is 10.0 Å². The largest absolute Gasteiger partial charge is 0.321 e. The average Bonchev–Trinajstić information content (AvgIpc) is 3.41. The van der Waals surface area contributed by atoms with Gasteiger partial charge >= 0.3 is 0 Å². The second-order valence-corrected chi connectivity index (χ2v) is 9.94. The van der Waals surface area contributed by atoms with Gasteiger partial charge in [0.25, 0.3) is 15.9 Å². The van der Waals surface area contributed by atoms with E-state index in [1.165, 1.54) is 41.0 Å². The van der Waals surface area contributed by atoms with Gasteiger partial charge < -0.3 is 5.32 Å². The highest BCUT2D eigenvalue weighted by Gasteiger charge is 2.17. The van der Waals surface area contributed by atoms with E-state index >= 15 is 0 Å². The number of thiophene rings is 1. The second-order valence-electron chi connectivity index (χ2n) is 6.45. The number of nitrogens with one attached hydrogen (secondary N) is 2. The van der Waals surface area contributed by atoms with Crippen LogP contribution in [0.15, 0.2) is 76.4 Å². The molecule has 0 saturated heterocycles. The molecule has 9 heteroatoms. The summed E-state index contributed by atoms with van der Waals surface area (Å²) in [6.45, 7) is 2.02. The third kappa shape index (κ3) is 4.43. The minimum atomic E-state index is -3.73. The maximum absolute atomic E-state index is 12.8. The summed E-state index contributed by atoms with van der Waals surface area (Å²) in [6.07, 6.45) is 1.52. The molecule has 4 aromatic rings. The quantitative estimate of drug-likeness (QED) is 0.416. The summed E-state index contributed by atoms with van der Waals surface area (Å²) in [7, 11) is -3.73. The number of carbonyl (C=O) groups excluding carboxylic acids is 1. The number of benzene rings is 2. The van der Waals surface area contributed by atoms with Gasteiger partial charge in [-0.2, -0.15) is 0 Å². The molecule has 0 saturated carbocycles. The molecule has 152 valence electrons. The van der Waals surface area contributed by atoms with E-state index in [0.717, 1.165) is 16.7 Å². The average molecular weight is 456 g/mol. The molecule has 30 heavy (non-hydrogen) atoms. The molecule has 0 aliphatic rings. The Morgan fingerprint density at radius 1 is 0.933 bits per heavy atom. The molecular weight excluding hydrogens is 438 g/mol. The summed E-state index contributed by atoms with van der Waals surface area (Å²) in [5.74, 6) is -0.239. The molecular formula is C21H17N3O3S3. The smallest absolute Gasteiger partial charge is 0.266 e. The van der Waals surface area contributed by atoms with Crippen LogP contribution < -0.4 is 10.0 Å². The van der Waals surface area contributed by atoms with Crippen molar-refractivity contribution in [3.8, 4) is 11.1 Å². The SMILES string of the molecule is Cc1ccc(-c2ccsc2C(=O)Nc2ccc(S(=O)(=O)Nc3nccs3)cc2)cc1. The lowest BCUT2D eigenvalue weighted by Gasteiger charge is -2.09. The van der Waals surface area contributed by atoms with Gasteiger partial charge in [-0.25, -0.2) is 13.4 Å². The normalized spacial score (nSPS) is 11.2. The van der Waals surface area contributed by atoms with Crippen molar-refractivity contribution in [2.45, 2.75) is 11.8 Å². The van der Waals surface area contributed by atoms with E-state index in [0.29, 0.717) is 15.7 Å². The standard InChI is InChI=1S/C21H17N3O3S3/c1-14-2-4-15(5-3-14)18-10-12-28-19(18)20(25)23-16-6-8-17(9-7-16)30(26,27)24-21-22-11-13-29-21/h2-13H,1H3,(H,22,24)(H,23,25). The van der Waals surface area contributed by atoms with Crippen molar-refractivity contribution in [1.29, 1.82) is 0 Å². The zero-order chi connectivity index (χ0) is 21.1. The van der Waals surface area contributed by atoms with Crippen LogP contribution in [-0.2, 0) is 10.0 Å². The Hall–Kier alpha value is -3.01. The van der Waals surface area contributed by atoms with Crippen LogP contribution in [0.5, 0.6) is 0 Å². The first-order valence-electron chi connectivity index (χ1n) is 8.91. The lowest BCUT2D eigenvalue weighted by atomic mass is 10.0. The van der Waals surface area contributed by atoms with E-state index in [2.05, 4.69) is 15.0 Å². The first-order chi connectivity index (χ1) is 14.4. The molecule has 4 rings (SSSR count). The van der Waals surface area contributed by atoms with Crippen molar-refractivity contribution in [1.82, 2.24) is 4.98 Å². The predicted octanol–water partition coefficient (Wildman–Crippen LogP) is 5.23. The Balaban J connectivity index is 1.50. The summed E-state index contributed by atoms with van der Waals surface area (Å²) < 4.78 is 27.3. The highest BCUT2D eigenvalue weighted by Crippen LogP contribution is 2.29. The van der Waals surface area contributed by atoms with Crippen molar-refractivity contribution >= 4 is 49.4 Å². The van der Waals surface area contributed by atoms with Crippen LogP contribution in [0.25, 0.3) is 11.1 Å². The molecule has 0 radical (unpaired) electrons. The van der Waals surface area contributed by atoms with Gasteiger partial charge in [0.2, 0.25) is 0 Å². The fraction of sp³-hybridized carbons (Fsp3) is 0.0476. The number of rotatable bonds is 6. The van der Waals surface area contributed by atoms with E-state index in [1.807, 2.05) is 42.6 Å². The summed E-state index contributed by atoms with van der Waals surface area (Å²) in [6, 6.07) is 15.9. The van der Waals surface area contributed by atoms with Gasteiger partial charge in [-0.05, 0) is 48.2 Å². The zero-order valence-corrected chi connectivity index (χ0v) is 18.3. The lowest BCUT2D eigenvalue weighted by Crippen LogP contribution is -2.14. The fourth-order valence-electron chi connectivity index (χ4n) is 2.80. The second kappa shape index (κ2) is 8.39. The van der Waals surface area contributed by atoms with E-state index in [-0.39, 0.29) is 10.8 Å². The van der Waals surface area contributed by atoms with Gasteiger partial charge in [-0.3, -0.25) is 9.52 Å². The van der Waals surface area contributed by atoms with E-state index in [1.54, 1.807) is 17.5 Å². The van der Waals surface area contributed by atoms with Crippen LogP contribution >= 0.6 is 22.7 Å². The van der Waals surface area contributed by atoms with Crippen molar-refractivity contribution < 1.29 is 13.2 Å². The third-order valence-electron chi connectivity index (χ3n) is 4.31. The first-order valence-corrected chi connectivity index (χ1v) is 12.1. The van der Waals surface area contributed by atoms with Crippen LogP contribution in [0, 0.1) is 6.92 Å². The molecule has 0 atom stereocenters. The molecule has 0 aliphatic carbocycles. The number of thiazole rings is 1. The number of carbonyl (C=O) groups is 1. The molecule has 2 aromatic heterocycles. The van der Waals surface area contributed by atoms with Crippen LogP contribution in [0.2, 0.25) is 0 Å². The van der Waals surface area contributed by atoms with Gasteiger partial charge in [0.15, 0.2) is 5.13 Å². The number of anilines is 2. The summed E-state index contributed by atoms with van der Waals surface area (Å²) >= 11 is 2.56. The van der Waals surface area contributed by atoms with Gasteiger partial charge in [0.1, 0.15) is 0 Å². The van der Waals surface area contributed by atoms with Gasteiger partial charge in [-0.1, -0.05) is 29.8 Å². The van der Waals surface area contributed by atoms with Crippen LogP contribution in [0.4, 0.5) is 10.8 Å². The van der Waals surface area contributed by atoms with Gasteiger partial charge in [0, 0.05) is 22.8 Å². The Labute approximate surface area is 182 Å². The van der Waals surface area contributed by atoms with E-state index in [9.17, 15) is 13.2 Å². The first kappa shape index (κ1) is 20.3. The minimum absolute atomic E-state index is 0.0900. The molecule has 6 nitrogen and oxygen atoms in total. The third-order valence-corrected chi connectivity index (χ3v) is 7.40. The minimum Gasteiger partial charge on any atom is -0.321 e. The molecule has 0 fully saturated rings. The number of nitrogens with zero attached hydrogens (tertiary/aromatic N) is 1. The number of amides is 1. The summed E-state index contributed by atoms with van der Waals surface area (Å²) in [4.78, 5) is 17.4. The van der Waals surface area contributed by atoms with Crippen LogP contribution in [-0.4, -0.2) is 19.3 Å². The Bertz CT molecular complexity index is 1260. The molecule has 1 amide bonds. The number of aryl methyl sites for hydroxylation is 1. The van der Waals surface area contributed by atoms with Gasteiger partial charge in [-0.15, -0.1) is 22.7 Å². The maximum atomic E-state index is 12.8. The van der Waals surface area contributed by atoms with Crippen LogP contribution in [0.1, 0.15) is 15.2 Å². The van der Waals surface area contributed by atoms with E-state index in [4.69, 9.17) is 0 Å². The van der Waals surface area contributed by atoms with Crippen molar-refractivity contribution in [2.75, 3.05) is 10.0 Å². The number of sulfonamides is 1. The van der Waals surface area contributed by atoms with Gasteiger partial charge in [0.05, 0.1) is 9.77 Å². The number of hydrogen-bond donors (Lipinski definition) is 2.